The Morgan fingerprint density at radius 3 is 3.08 bits per heavy atom. The molecule has 5 rings (SSSR count). The summed E-state index contributed by atoms with van der Waals surface area (Å²) in [5, 5.41) is 0. The Morgan fingerprint density at radius 1 is 1.27 bits per heavy atom. The van der Waals surface area contributed by atoms with Gasteiger partial charge in [-0.2, -0.15) is 4.98 Å². The first kappa shape index (κ1) is 15.6. The lowest BCUT2D eigenvalue weighted by Gasteiger charge is -2.32. The first-order valence-corrected chi connectivity index (χ1v) is 8.81. The largest absolute Gasteiger partial charge is 0.496 e. The van der Waals surface area contributed by atoms with E-state index in [0.29, 0.717) is 40.2 Å². The molecule has 0 saturated carbocycles. The van der Waals surface area contributed by atoms with Crippen LogP contribution in [0.15, 0.2) is 34.9 Å². The lowest BCUT2D eigenvalue weighted by atomic mass is 10.1. The van der Waals surface area contributed by atoms with Gasteiger partial charge in [0.1, 0.15) is 11.6 Å². The van der Waals surface area contributed by atoms with E-state index in [-0.39, 0.29) is 5.82 Å². The molecule has 7 heteroatoms. The molecule has 0 amide bonds. The van der Waals surface area contributed by atoms with E-state index in [1.807, 2.05) is 0 Å². The number of halogens is 1. The summed E-state index contributed by atoms with van der Waals surface area (Å²) in [5.74, 6) is 0.111. The summed E-state index contributed by atoms with van der Waals surface area (Å²) >= 11 is 0. The van der Waals surface area contributed by atoms with Crippen LogP contribution in [0.3, 0.4) is 0 Å². The topological polar surface area (TPSA) is 54.6 Å². The SMILES string of the molecule is COc1cccc(F)c1-c1cnc2nc(N3CCN4CC[C@@H]3C4)oc2c1. The van der Waals surface area contributed by atoms with Crippen molar-refractivity contribution in [2.45, 2.75) is 12.5 Å². The summed E-state index contributed by atoms with van der Waals surface area (Å²) in [4.78, 5) is 13.6. The number of hydrogen-bond donors (Lipinski definition) is 0. The van der Waals surface area contributed by atoms with Crippen LogP contribution in [0.2, 0.25) is 0 Å². The molecule has 0 spiro atoms. The number of methoxy groups -OCH3 is 1. The Kier molecular flexibility index (Phi) is 3.56. The summed E-state index contributed by atoms with van der Waals surface area (Å²) in [6.07, 6.45) is 2.74. The zero-order valence-corrected chi connectivity index (χ0v) is 14.5. The number of hydrogen-bond acceptors (Lipinski definition) is 6. The van der Waals surface area contributed by atoms with Gasteiger partial charge in [-0.05, 0) is 24.6 Å². The van der Waals surface area contributed by atoms with Crippen LogP contribution in [0.5, 0.6) is 5.75 Å². The maximum Gasteiger partial charge on any atom is 0.300 e. The van der Waals surface area contributed by atoms with Crippen molar-refractivity contribution >= 4 is 17.2 Å². The van der Waals surface area contributed by atoms with Gasteiger partial charge in [-0.1, -0.05) is 6.07 Å². The first-order chi connectivity index (χ1) is 12.7. The third kappa shape index (κ3) is 2.42. The molecule has 2 aliphatic heterocycles. The quantitative estimate of drug-likeness (QED) is 0.721. The number of anilines is 1. The number of nitrogens with zero attached hydrogens (tertiary/aromatic N) is 4. The smallest absolute Gasteiger partial charge is 0.300 e. The molecule has 2 aromatic heterocycles. The highest BCUT2D eigenvalue weighted by Crippen LogP contribution is 2.35. The minimum Gasteiger partial charge on any atom is -0.496 e. The number of oxazole rings is 1. The van der Waals surface area contributed by atoms with E-state index in [1.165, 1.54) is 13.2 Å². The van der Waals surface area contributed by atoms with E-state index in [0.717, 1.165) is 32.6 Å². The van der Waals surface area contributed by atoms with Gasteiger partial charge in [0, 0.05) is 44.0 Å². The highest BCUT2D eigenvalue weighted by molar-refractivity contribution is 5.80. The third-order valence-electron chi connectivity index (χ3n) is 5.31. The molecule has 4 heterocycles. The van der Waals surface area contributed by atoms with Crippen molar-refractivity contribution in [2.75, 3.05) is 38.2 Å². The average molecular weight is 354 g/mol. The molecule has 26 heavy (non-hydrogen) atoms. The van der Waals surface area contributed by atoms with E-state index in [4.69, 9.17) is 9.15 Å². The Hall–Kier alpha value is -2.67. The Bertz CT molecular complexity index is 973. The average Bonchev–Trinajstić information content (AvgIpc) is 3.25. The monoisotopic (exact) mass is 354 g/mol. The molecule has 6 nitrogen and oxygen atoms in total. The highest BCUT2D eigenvalue weighted by atomic mass is 19.1. The van der Waals surface area contributed by atoms with E-state index in [9.17, 15) is 4.39 Å². The lowest BCUT2D eigenvalue weighted by Crippen LogP contribution is -2.46. The standard InChI is InChI=1S/C19H19FN4O2/c1-25-15-4-2-3-14(20)17(15)12-9-16-18(21-10-12)22-19(26-16)24-8-7-23-6-5-13(24)11-23/h2-4,9-10,13H,5-8,11H2,1H3/t13-/m1/s1. The molecule has 0 radical (unpaired) electrons. The number of rotatable bonds is 3. The maximum absolute atomic E-state index is 14.4. The molecule has 0 aliphatic carbocycles. The van der Waals surface area contributed by atoms with Gasteiger partial charge in [0.25, 0.3) is 6.01 Å². The predicted octanol–water partition coefficient (Wildman–Crippen LogP) is 2.93. The van der Waals surface area contributed by atoms with E-state index in [1.54, 1.807) is 24.4 Å². The molecule has 2 aliphatic rings. The molecule has 0 N–H and O–H groups in total. The Balaban J connectivity index is 1.55. The second-order valence-electron chi connectivity index (χ2n) is 6.80. The molecule has 2 atom stereocenters. The summed E-state index contributed by atoms with van der Waals surface area (Å²) < 4.78 is 25.7. The fourth-order valence-electron chi connectivity index (χ4n) is 3.98. The van der Waals surface area contributed by atoms with Gasteiger partial charge in [-0.25, -0.2) is 9.37 Å². The minimum absolute atomic E-state index is 0.354. The van der Waals surface area contributed by atoms with Crippen molar-refractivity contribution in [1.82, 2.24) is 14.9 Å². The van der Waals surface area contributed by atoms with E-state index in [2.05, 4.69) is 19.8 Å². The normalized spacial score (nSPS) is 22.2. The van der Waals surface area contributed by atoms with Crippen molar-refractivity contribution in [3.63, 3.8) is 0 Å². The zero-order chi connectivity index (χ0) is 17.7. The Morgan fingerprint density at radius 2 is 2.19 bits per heavy atom. The molecular formula is C19H19FN4O2. The number of fused-ring (bicyclic) bond motifs is 3. The number of piperazine rings is 1. The van der Waals surface area contributed by atoms with Crippen molar-refractivity contribution in [1.29, 1.82) is 0 Å². The number of pyridine rings is 1. The van der Waals surface area contributed by atoms with Gasteiger partial charge in [0.05, 0.1) is 12.7 Å². The summed E-state index contributed by atoms with van der Waals surface area (Å²) in [5.41, 5.74) is 2.09. The molecule has 1 aromatic carbocycles. The second-order valence-corrected chi connectivity index (χ2v) is 6.80. The van der Waals surface area contributed by atoms with Gasteiger partial charge >= 0.3 is 0 Å². The van der Waals surface area contributed by atoms with Crippen LogP contribution in [0.4, 0.5) is 10.4 Å². The third-order valence-corrected chi connectivity index (χ3v) is 5.31. The van der Waals surface area contributed by atoms with Crippen LogP contribution in [0.1, 0.15) is 6.42 Å². The van der Waals surface area contributed by atoms with E-state index >= 15 is 0 Å². The van der Waals surface area contributed by atoms with Crippen molar-refractivity contribution in [2.24, 2.45) is 0 Å². The molecule has 134 valence electrons. The molecular weight excluding hydrogens is 335 g/mol. The predicted molar refractivity (Wildman–Crippen MR) is 95.9 cm³/mol. The first-order valence-electron chi connectivity index (χ1n) is 8.81. The summed E-state index contributed by atoms with van der Waals surface area (Å²) in [7, 11) is 1.53. The molecule has 3 aromatic rings. The zero-order valence-electron chi connectivity index (χ0n) is 14.5. The fourth-order valence-corrected chi connectivity index (χ4v) is 3.98. The lowest BCUT2D eigenvalue weighted by molar-refractivity contribution is 0.304. The van der Waals surface area contributed by atoms with Gasteiger partial charge in [0.2, 0.25) is 5.65 Å². The van der Waals surface area contributed by atoms with Gasteiger partial charge in [0.15, 0.2) is 5.58 Å². The van der Waals surface area contributed by atoms with Crippen molar-refractivity contribution in [3.05, 3.63) is 36.3 Å². The van der Waals surface area contributed by atoms with Crippen LogP contribution in [-0.2, 0) is 0 Å². The molecule has 2 fully saturated rings. The summed E-state index contributed by atoms with van der Waals surface area (Å²) in [6.45, 7) is 4.13. The molecule has 1 unspecified atom stereocenters. The van der Waals surface area contributed by atoms with Crippen LogP contribution in [0, 0.1) is 5.82 Å². The van der Waals surface area contributed by atoms with Crippen LogP contribution >= 0.6 is 0 Å². The number of ether oxygens (including phenoxy) is 1. The highest BCUT2D eigenvalue weighted by Gasteiger charge is 2.34. The summed E-state index contributed by atoms with van der Waals surface area (Å²) in [6, 6.07) is 7.60. The van der Waals surface area contributed by atoms with Crippen molar-refractivity contribution in [3.8, 4) is 16.9 Å². The van der Waals surface area contributed by atoms with Crippen LogP contribution in [0.25, 0.3) is 22.4 Å². The van der Waals surface area contributed by atoms with Crippen LogP contribution in [-0.4, -0.2) is 54.2 Å². The molecule has 2 bridgehead atoms. The second kappa shape index (κ2) is 5.95. The number of aromatic nitrogens is 2. The maximum atomic E-state index is 14.4. The van der Waals surface area contributed by atoms with E-state index < -0.39 is 0 Å². The molecule has 2 saturated heterocycles. The minimum atomic E-state index is -0.354. The van der Waals surface area contributed by atoms with Gasteiger partial charge < -0.3 is 14.1 Å². The fraction of sp³-hybridized carbons (Fsp3) is 0.368. The van der Waals surface area contributed by atoms with Gasteiger partial charge in [-0.3, -0.25) is 4.90 Å². The van der Waals surface area contributed by atoms with Crippen LogP contribution < -0.4 is 9.64 Å². The number of benzene rings is 1. The van der Waals surface area contributed by atoms with Crippen molar-refractivity contribution < 1.29 is 13.5 Å². The Labute approximate surface area is 150 Å². The van der Waals surface area contributed by atoms with Gasteiger partial charge in [-0.15, -0.1) is 0 Å².